The molecule has 0 spiro atoms. The highest BCUT2D eigenvalue weighted by Gasteiger charge is 2.23. The van der Waals surface area contributed by atoms with E-state index < -0.39 is 0 Å². The van der Waals surface area contributed by atoms with Gasteiger partial charge in [-0.1, -0.05) is 12.1 Å². The molecule has 2 unspecified atom stereocenters. The molecule has 0 aliphatic carbocycles. The molecule has 1 saturated heterocycles. The van der Waals surface area contributed by atoms with Gasteiger partial charge in [-0.25, -0.2) is 0 Å². The Hall–Kier alpha value is -2.40. The Balaban J connectivity index is 1.75. The molecule has 25 heavy (non-hydrogen) atoms. The van der Waals surface area contributed by atoms with Gasteiger partial charge in [0.15, 0.2) is 0 Å². The molecule has 1 amide bonds. The van der Waals surface area contributed by atoms with Crippen LogP contribution in [-0.2, 0) is 0 Å². The molecule has 5 nitrogen and oxygen atoms in total. The average molecular weight is 338 g/mol. The molecule has 0 saturated carbocycles. The maximum Gasteiger partial charge on any atom is 0.253 e. The van der Waals surface area contributed by atoms with Gasteiger partial charge in [0, 0.05) is 49.8 Å². The van der Waals surface area contributed by atoms with Crippen molar-refractivity contribution in [1.82, 2.24) is 15.6 Å². The van der Waals surface area contributed by atoms with Crippen molar-refractivity contribution >= 4 is 11.6 Å². The van der Waals surface area contributed by atoms with E-state index >= 15 is 0 Å². The number of hydrogen-bond donors (Lipinski definition) is 2. The van der Waals surface area contributed by atoms with Crippen molar-refractivity contribution in [3.63, 3.8) is 0 Å². The van der Waals surface area contributed by atoms with Gasteiger partial charge in [0.05, 0.1) is 5.56 Å². The highest BCUT2D eigenvalue weighted by molar-refractivity contribution is 5.95. The first-order valence-corrected chi connectivity index (χ1v) is 8.81. The zero-order valence-corrected chi connectivity index (χ0v) is 15.1. The normalized spacial score (nSPS) is 20.1. The molecular formula is C20H26N4O. The zero-order chi connectivity index (χ0) is 17.8. The predicted molar refractivity (Wildman–Crippen MR) is 102 cm³/mol. The van der Waals surface area contributed by atoms with Gasteiger partial charge in [0.25, 0.3) is 5.91 Å². The third-order valence-corrected chi connectivity index (χ3v) is 4.80. The van der Waals surface area contributed by atoms with Gasteiger partial charge in [0.1, 0.15) is 0 Å². The number of carbonyl (C=O) groups excluding carboxylic acids is 1. The number of aromatic nitrogens is 1. The van der Waals surface area contributed by atoms with E-state index in [9.17, 15) is 4.79 Å². The minimum atomic E-state index is -0.0557. The Labute approximate surface area is 149 Å². The summed E-state index contributed by atoms with van der Waals surface area (Å²) in [5.74, 6) is -0.0557. The summed E-state index contributed by atoms with van der Waals surface area (Å²) in [6, 6.07) is 10.6. The van der Waals surface area contributed by atoms with Gasteiger partial charge in [-0.2, -0.15) is 0 Å². The Morgan fingerprint density at radius 3 is 2.64 bits per heavy atom. The standard InChI is InChI=1S/C20H26N4O/c1-14-19(5-4-10-22-14)23-20(25)17-11-16(12-21-13-17)15-6-8-18(9-7-15)24(2)3/h6-9,11-14,19,22H,4-5,10H2,1-3H3,(H,23,25). The fourth-order valence-electron chi connectivity index (χ4n) is 3.17. The molecule has 0 radical (unpaired) electrons. The number of rotatable bonds is 4. The summed E-state index contributed by atoms with van der Waals surface area (Å²) in [6.45, 7) is 3.14. The summed E-state index contributed by atoms with van der Waals surface area (Å²) in [7, 11) is 4.03. The first-order valence-electron chi connectivity index (χ1n) is 8.81. The van der Waals surface area contributed by atoms with E-state index in [1.165, 1.54) is 0 Å². The smallest absolute Gasteiger partial charge is 0.253 e. The third kappa shape index (κ3) is 4.17. The maximum absolute atomic E-state index is 12.6. The van der Waals surface area contributed by atoms with E-state index in [-0.39, 0.29) is 11.9 Å². The molecule has 2 N–H and O–H groups in total. The Morgan fingerprint density at radius 2 is 1.96 bits per heavy atom. The Kier molecular flexibility index (Phi) is 5.34. The Bertz CT molecular complexity index is 727. The van der Waals surface area contributed by atoms with Crippen molar-refractivity contribution in [1.29, 1.82) is 0 Å². The number of anilines is 1. The number of amides is 1. The van der Waals surface area contributed by atoms with Crippen LogP contribution in [-0.4, -0.2) is 43.6 Å². The van der Waals surface area contributed by atoms with Gasteiger partial charge in [-0.15, -0.1) is 0 Å². The molecule has 1 aliphatic rings. The molecule has 2 atom stereocenters. The summed E-state index contributed by atoms with van der Waals surface area (Å²) in [6.07, 6.45) is 5.53. The van der Waals surface area contributed by atoms with Crippen LogP contribution in [0.1, 0.15) is 30.1 Å². The lowest BCUT2D eigenvalue weighted by Gasteiger charge is -2.30. The van der Waals surface area contributed by atoms with E-state index in [1.807, 2.05) is 20.2 Å². The third-order valence-electron chi connectivity index (χ3n) is 4.80. The summed E-state index contributed by atoms with van der Waals surface area (Å²) in [4.78, 5) is 18.9. The van der Waals surface area contributed by atoms with Crippen molar-refractivity contribution in [2.75, 3.05) is 25.5 Å². The van der Waals surface area contributed by atoms with Gasteiger partial charge in [0.2, 0.25) is 0 Å². The number of nitrogens with one attached hydrogen (secondary N) is 2. The van der Waals surface area contributed by atoms with Crippen molar-refractivity contribution in [3.8, 4) is 11.1 Å². The van der Waals surface area contributed by atoms with Crippen molar-refractivity contribution in [3.05, 3.63) is 48.3 Å². The molecule has 2 heterocycles. The van der Waals surface area contributed by atoms with Gasteiger partial charge < -0.3 is 15.5 Å². The molecular weight excluding hydrogens is 312 g/mol. The summed E-state index contributed by atoms with van der Waals surface area (Å²) < 4.78 is 0. The second-order valence-corrected chi connectivity index (χ2v) is 6.87. The van der Waals surface area contributed by atoms with E-state index in [0.29, 0.717) is 11.6 Å². The van der Waals surface area contributed by atoms with Crippen LogP contribution >= 0.6 is 0 Å². The summed E-state index contributed by atoms with van der Waals surface area (Å²) in [5.41, 5.74) is 3.75. The Morgan fingerprint density at radius 1 is 1.20 bits per heavy atom. The minimum Gasteiger partial charge on any atom is -0.378 e. The number of hydrogen-bond acceptors (Lipinski definition) is 4. The lowest BCUT2D eigenvalue weighted by atomic mass is 9.99. The molecule has 3 rings (SSSR count). The van der Waals surface area contributed by atoms with Crippen LogP contribution in [0.4, 0.5) is 5.69 Å². The number of pyridine rings is 1. The molecule has 5 heteroatoms. The minimum absolute atomic E-state index is 0.0557. The molecule has 1 aromatic heterocycles. The molecule has 0 bridgehead atoms. The van der Waals surface area contributed by atoms with Crippen molar-refractivity contribution < 1.29 is 4.79 Å². The highest BCUT2D eigenvalue weighted by Crippen LogP contribution is 2.22. The number of piperidine rings is 1. The molecule has 1 aromatic carbocycles. The van der Waals surface area contributed by atoms with E-state index in [2.05, 4.69) is 51.7 Å². The van der Waals surface area contributed by atoms with Gasteiger partial charge in [-0.05, 0) is 50.1 Å². The van der Waals surface area contributed by atoms with Crippen LogP contribution in [0.2, 0.25) is 0 Å². The van der Waals surface area contributed by atoms with Crippen molar-refractivity contribution in [2.45, 2.75) is 31.8 Å². The summed E-state index contributed by atoms with van der Waals surface area (Å²) in [5, 5.41) is 6.55. The lowest BCUT2D eigenvalue weighted by molar-refractivity contribution is 0.0919. The fraction of sp³-hybridized carbons (Fsp3) is 0.400. The predicted octanol–water partition coefficient (Wildman–Crippen LogP) is 2.68. The van der Waals surface area contributed by atoms with E-state index in [4.69, 9.17) is 0 Å². The quantitative estimate of drug-likeness (QED) is 0.900. The first kappa shape index (κ1) is 17.4. The number of nitrogens with zero attached hydrogens (tertiary/aromatic N) is 2. The average Bonchev–Trinajstić information content (AvgIpc) is 2.64. The SMILES string of the molecule is CC1NCCCC1NC(=O)c1cncc(-c2ccc(N(C)C)cc2)c1. The highest BCUT2D eigenvalue weighted by atomic mass is 16.1. The lowest BCUT2D eigenvalue weighted by Crippen LogP contribution is -2.51. The monoisotopic (exact) mass is 338 g/mol. The maximum atomic E-state index is 12.6. The number of benzene rings is 1. The van der Waals surface area contributed by atoms with E-state index in [1.54, 1.807) is 12.4 Å². The first-order chi connectivity index (χ1) is 12.0. The second kappa shape index (κ2) is 7.66. The molecule has 1 aliphatic heterocycles. The molecule has 1 fully saturated rings. The van der Waals surface area contributed by atoms with E-state index in [0.717, 1.165) is 36.2 Å². The fourth-order valence-corrected chi connectivity index (χ4v) is 3.17. The largest absolute Gasteiger partial charge is 0.378 e. The van der Waals surface area contributed by atoms with Crippen molar-refractivity contribution in [2.24, 2.45) is 0 Å². The van der Waals surface area contributed by atoms with Crippen LogP contribution in [0.15, 0.2) is 42.7 Å². The van der Waals surface area contributed by atoms with Crippen LogP contribution in [0.5, 0.6) is 0 Å². The van der Waals surface area contributed by atoms with Crippen LogP contribution < -0.4 is 15.5 Å². The number of carbonyl (C=O) groups is 1. The summed E-state index contributed by atoms with van der Waals surface area (Å²) >= 11 is 0. The molecule has 132 valence electrons. The van der Waals surface area contributed by atoms with Crippen LogP contribution in [0, 0.1) is 0 Å². The van der Waals surface area contributed by atoms with Crippen LogP contribution in [0.3, 0.4) is 0 Å². The van der Waals surface area contributed by atoms with Crippen LogP contribution in [0.25, 0.3) is 11.1 Å². The van der Waals surface area contributed by atoms with Gasteiger partial charge in [-0.3, -0.25) is 9.78 Å². The second-order valence-electron chi connectivity index (χ2n) is 6.87. The zero-order valence-electron chi connectivity index (χ0n) is 15.1. The molecule has 2 aromatic rings. The topological polar surface area (TPSA) is 57.3 Å². The van der Waals surface area contributed by atoms with Gasteiger partial charge >= 0.3 is 0 Å².